The van der Waals surface area contributed by atoms with E-state index in [1.165, 1.54) is 19.3 Å². The summed E-state index contributed by atoms with van der Waals surface area (Å²) < 4.78 is 0. The highest BCUT2D eigenvalue weighted by Gasteiger charge is 2.24. The van der Waals surface area contributed by atoms with Gasteiger partial charge in [-0.2, -0.15) is 0 Å². The third-order valence-electron chi connectivity index (χ3n) is 2.64. The Labute approximate surface area is 70.4 Å². The second-order valence-corrected chi connectivity index (χ2v) is 3.72. The molecule has 0 aromatic carbocycles. The first-order valence-corrected chi connectivity index (χ1v) is 4.76. The Morgan fingerprint density at radius 3 is 2.45 bits per heavy atom. The Balaban J connectivity index is 2.22. The topological polar surface area (TPSA) is 0 Å². The first kappa shape index (κ1) is 8.65. The molecule has 0 saturated carbocycles. The van der Waals surface area contributed by atoms with Crippen LogP contribution in [0.15, 0.2) is 0 Å². The molecular weight excluding hydrogens is 132 g/mol. The van der Waals surface area contributed by atoms with Crippen LogP contribution < -0.4 is 0 Å². The highest BCUT2D eigenvalue weighted by Crippen LogP contribution is 2.29. The Kier molecular flexibility index (Phi) is 3.00. The van der Waals surface area contributed by atoms with Crippen molar-refractivity contribution >= 4 is 0 Å². The molecule has 1 aliphatic rings. The van der Waals surface area contributed by atoms with Crippen LogP contribution in [0.3, 0.4) is 0 Å². The van der Waals surface area contributed by atoms with Crippen LogP contribution in [0, 0.1) is 29.6 Å². The number of hydrogen-bond acceptors (Lipinski definition) is 0. The standard InChI is InChI=1S/C11H18/c1-4-5-6-9(2)11-8-7-10(11)3/h9-11H,4-6H2,1-3H3. The van der Waals surface area contributed by atoms with Crippen LogP contribution >= 0.6 is 0 Å². The van der Waals surface area contributed by atoms with Crippen LogP contribution in [0.1, 0.15) is 40.0 Å². The molecule has 0 fully saturated rings. The van der Waals surface area contributed by atoms with Crippen LogP contribution in [-0.4, -0.2) is 0 Å². The molecule has 0 aromatic rings. The number of hydrogen-bond donors (Lipinski definition) is 0. The largest absolute Gasteiger partial charge is 0.0985 e. The third kappa shape index (κ3) is 1.99. The molecule has 3 unspecified atom stereocenters. The fourth-order valence-electron chi connectivity index (χ4n) is 1.69. The molecule has 0 aliphatic heterocycles. The van der Waals surface area contributed by atoms with Crippen molar-refractivity contribution in [3.63, 3.8) is 0 Å². The van der Waals surface area contributed by atoms with E-state index in [2.05, 4.69) is 32.6 Å². The fourth-order valence-corrected chi connectivity index (χ4v) is 1.69. The lowest BCUT2D eigenvalue weighted by Gasteiger charge is -2.27. The minimum atomic E-state index is 0.668. The highest BCUT2D eigenvalue weighted by molar-refractivity contribution is 5.22. The van der Waals surface area contributed by atoms with E-state index in [0.29, 0.717) is 11.8 Å². The van der Waals surface area contributed by atoms with Crippen molar-refractivity contribution in [3.05, 3.63) is 0 Å². The number of rotatable bonds is 4. The zero-order valence-corrected chi connectivity index (χ0v) is 7.85. The van der Waals surface area contributed by atoms with Crippen molar-refractivity contribution in [2.75, 3.05) is 0 Å². The van der Waals surface area contributed by atoms with Crippen LogP contribution in [0.5, 0.6) is 0 Å². The van der Waals surface area contributed by atoms with Crippen LogP contribution in [0.4, 0.5) is 0 Å². The van der Waals surface area contributed by atoms with Crippen LogP contribution in [0.2, 0.25) is 0 Å². The Morgan fingerprint density at radius 1 is 1.36 bits per heavy atom. The molecule has 0 nitrogen and oxygen atoms in total. The Bertz CT molecular complexity index is 170. The smallest absolute Gasteiger partial charge is 0.0363 e. The summed E-state index contributed by atoms with van der Waals surface area (Å²) in [5.41, 5.74) is 0. The predicted molar refractivity (Wildman–Crippen MR) is 49.1 cm³/mol. The maximum absolute atomic E-state index is 3.25. The van der Waals surface area contributed by atoms with Gasteiger partial charge in [-0.25, -0.2) is 0 Å². The van der Waals surface area contributed by atoms with Gasteiger partial charge in [0.25, 0.3) is 0 Å². The summed E-state index contributed by atoms with van der Waals surface area (Å²) >= 11 is 0. The van der Waals surface area contributed by atoms with Crippen LogP contribution in [-0.2, 0) is 0 Å². The quantitative estimate of drug-likeness (QED) is 0.540. The molecule has 0 radical (unpaired) electrons. The first-order chi connectivity index (χ1) is 5.25. The van der Waals surface area contributed by atoms with E-state index in [4.69, 9.17) is 0 Å². The van der Waals surface area contributed by atoms with Gasteiger partial charge in [0.05, 0.1) is 0 Å². The molecule has 1 rings (SSSR count). The average Bonchev–Trinajstić information content (AvgIpc) is 1.98. The molecule has 11 heavy (non-hydrogen) atoms. The fraction of sp³-hybridized carbons (Fsp3) is 0.818. The molecule has 0 N–H and O–H groups in total. The van der Waals surface area contributed by atoms with Gasteiger partial charge < -0.3 is 0 Å². The maximum atomic E-state index is 3.25. The highest BCUT2D eigenvalue weighted by atomic mass is 14.3. The van der Waals surface area contributed by atoms with E-state index in [-0.39, 0.29) is 0 Å². The van der Waals surface area contributed by atoms with Crippen molar-refractivity contribution in [3.8, 4) is 11.8 Å². The van der Waals surface area contributed by atoms with Crippen molar-refractivity contribution < 1.29 is 0 Å². The van der Waals surface area contributed by atoms with Crippen molar-refractivity contribution in [1.29, 1.82) is 0 Å². The van der Waals surface area contributed by atoms with Crippen LogP contribution in [0.25, 0.3) is 0 Å². The normalized spacial score (nSPS) is 30.1. The van der Waals surface area contributed by atoms with E-state index >= 15 is 0 Å². The summed E-state index contributed by atoms with van der Waals surface area (Å²) in [6, 6.07) is 0. The molecule has 0 heterocycles. The molecular formula is C11H18. The van der Waals surface area contributed by atoms with Gasteiger partial charge in [0.15, 0.2) is 0 Å². The lowest BCUT2D eigenvalue weighted by Crippen LogP contribution is -2.23. The lowest BCUT2D eigenvalue weighted by atomic mass is 9.76. The lowest BCUT2D eigenvalue weighted by molar-refractivity contribution is 0.331. The van der Waals surface area contributed by atoms with Gasteiger partial charge in [-0.15, -0.1) is 0 Å². The molecule has 0 heteroatoms. The second-order valence-electron chi connectivity index (χ2n) is 3.72. The monoisotopic (exact) mass is 150 g/mol. The van der Waals surface area contributed by atoms with Gasteiger partial charge >= 0.3 is 0 Å². The molecule has 1 aliphatic carbocycles. The van der Waals surface area contributed by atoms with E-state index in [0.717, 1.165) is 5.92 Å². The summed E-state index contributed by atoms with van der Waals surface area (Å²) in [6.45, 7) is 6.83. The number of unbranched alkanes of at least 4 members (excludes halogenated alkanes) is 1. The zero-order valence-electron chi connectivity index (χ0n) is 7.85. The Hall–Kier alpha value is -0.440. The van der Waals surface area contributed by atoms with Crippen molar-refractivity contribution in [2.45, 2.75) is 40.0 Å². The van der Waals surface area contributed by atoms with E-state index in [1.807, 2.05) is 0 Å². The Morgan fingerprint density at radius 2 is 2.09 bits per heavy atom. The molecule has 0 aromatic heterocycles. The van der Waals surface area contributed by atoms with Gasteiger partial charge in [0.2, 0.25) is 0 Å². The van der Waals surface area contributed by atoms with Crippen molar-refractivity contribution in [2.24, 2.45) is 17.8 Å². The first-order valence-electron chi connectivity index (χ1n) is 4.76. The van der Waals surface area contributed by atoms with Gasteiger partial charge in [-0.05, 0) is 12.3 Å². The summed E-state index contributed by atoms with van der Waals surface area (Å²) in [6.07, 6.45) is 4.05. The SMILES string of the molecule is CCCCC(C)C1C#CC1C. The summed E-state index contributed by atoms with van der Waals surface area (Å²) in [7, 11) is 0. The molecule has 3 atom stereocenters. The van der Waals surface area contributed by atoms with E-state index < -0.39 is 0 Å². The van der Waals surface area contributed by atoms with Crippen molar-refractivity contribution in [1.82, 2.24) is 0 Å². The molecule has 0 spiro atoms. The molecule has 62 valence electrons. The van der Waals surface area contributed by atoms with Gasteiger partial charge in [-0.1, -0.05) is 45.5 Å². The van der Waals surface area contributed by atoms with Gasteiger partial charge in [-0.3, -0.25) is 0 Å². The minimum Gasteiger partial charge on any atom is -0.0985 e. The molecule has 0 amide bonds. The zero-order chi connectivity index (χ0) is 8.27. The van der Waals surface area contributed by atoms with Gasteiger partial charge in [0, 0.05) is 11.8 Å². The predicted octanol–water partition coefficient (Wildman–Crippen LogP) is 3.08. The minimum absolute atomic E-state index is 0.668. The van der Waals surface area contributed by atoms with Gasteiger partial charge in [0.1, 0.15) is 0 Å². The third-order valence-corrected chi connectivity index (χ3v) is 2.64. The average molecular weight is 150 g/mol. The summed E-state index contributed by atoms with van der Waals surface area (Å²) in [4.78, 5) is 0. The summed E-state index contributed by atoms with van der Waals surface area (Å²) in [5.74, 6) is 8.62. The molecule has 0 saturated heterocycles. The second kappa shape index (κ2) is 3.81. The molecule has 0 bridgehead atoms. The van der Waals surface area contributed by atoms with E-state index in [1.54, 1.807) is 0 Å². The van der Waals surface area contributed by atoms with E-state index in [9.17, 15) is 0 Å². The summed E-state index contributed by atoms with van der Waals surface area (Å²) in [5, 5.41) is 0. The maximum Gasteiger partial charge on any atom is 0.0363 e.